The van der Waals surface area contributed by atoms with E-state index in [1.165, 1.54) is 6.92 Å². The zero-order valence-electron chi connectivity index (χ0n) is 16.5. The third-order valence-electron chi connectivity index (χ3n) is 5.44. The molecule has 2 amide bonds. The van der Waals surface area contributed by atoms with Gasteiger partial charge in [0.2, 0.25) is 5.91 Å². The fourth-order valence-corrected chi connectivity index (χ4v) is 3.79. The van der Waals surface area contributed by atoms with Gasteiger partial charge in [-0.1, -0.05) is 13.0 Å². The Kier molecular flexibility index (Phi) is 5.08. The van der Waals surface area contributed by atoms with Gasteiger partial charge in [-0.2, -0.15) is 0 Å². The molecule has 3 heterocycles. The molecule has 30 heavy (non-hydrogen) atoms. The minimum atomic E-state index is -2.77. The molecule has 0 saturated carbocycles. The normalized spacial score (nSPS) is 21.5. The molecule has 4 rings (SSSR count). The molecule has 2 aliphatic heterocycles. The number of primary amides is 1. The Labute approximate surface area is 171 Å². The molecule has 8 nitrogen and oxygen atoms in total. The van der Waals surface area contributed by atoms with E-state index in [9.17, 15) is 18.4 Å². The molecule has 10 heteroatoms. The van der Waals surface area contributed by atoms with Crippen LogP contribution < -0.4 is 15.4 Å². The van der Waals surface area contributed by atoms with Crippen LogP contribution in [0.4, 0.5) is 19.4 Å². The molecule has 0 aliphatic carbocycles. The van der Waals surface area contributed by atoms with Crippen LogP contribution in [-0.2, 0) is 22.5 Å². The largest absolute Gasteiger partial charge is 0.491 e. The quantitative estimate of drug-likeness (QED) is 0.802. The molecule has 0 radical (unpaired) electrons. The van der Waals surface area contributed by atoms with E-state index in [1.54, 1.807) is 17.7 Å². The predicted octanol–water partition coefficient (Wildman–Crippen LogP) is 2.59. The third-order valence-corrected chi connectivity index (χ3v) is 5.44. The van der Waals surface area contributed by atoms with Crippen LogP contribution in [-0.4, -0.2) is 46.7 Å². The lowest BCUT2D eigenvalue weighted by Gasteiger charge is -2.20. The van der Waals surface area contributed by atoms with Gasteiger partial charge in [0.05, 0.1) is 12.1 Å². The van der Waals surface area contributed by atoms with Crippen LogP contribution in [0.3, 0.4) is 0 Å². The van der Waals surface area contributed by atoms with Crippen LogP contribution in [0.2, 0.25) is 0 Å². The highest BCUT2D eigenvalue weighted by molar-refractivity contribution is 5.90. The summed E-state index contributed by atoms with van der Waals surface area (Å²) in [6.45, 7) is 3.96. The van der Waals surface area contributed by atoms with Crippen molar-refractivity contribution < 1.29 is 27.8 Å². The van der Waals surface area contributed by atoms with Crippen molar-refractivity contribution in [2.24, 2.45) is 11.7 Å². The summed E-state index contributed by atoms with van der Waals surface area (Å²) in [5, 5.41) is 0. The summed E-state index contributed by atoms with van der Waals surface area (Å²) < 4.78 is 39.7. The first-order valence-electron chi connectivity index (χ1n) is 9.67. The number of nitrogens with two attached hydrogens (primary N) is 1. The van der Waals surface area contributed by atoms with E-state index >= 15 is 0 Å². The number of rotatable bonds is 5. The topological polar surface area (TPSA) is 99.7 Å². The van der Waals surface area contributed by atoms with Gasteiger partial charge in [-0.3, -0.25) is 4.79 Å². The number of carbonyl (C=O) groups excluding carboxylic acids is 2. The molecule has 2 N–H and O–H groups in total. The standard InChI is InChI=1S/C20H22F2N4O4/c1-10(18(23)27)7-12-3-4-13-14(8-12)29-6-5-25-9-15(24-19(13)25)26-16(17(21)22)11(2)30-20(26)28/h3-4,8-11,16-17H,5-7H2,1-2H3,(H2,23,27)/t10-,11-,16+/m1/s1. The van der Waals surface area contributed by atoms with Crippen molar-refractivity contribution in [3.63, 3.8) is 0 Å². The summed E-state index contributed by atoms with van der Waals surface area (Å²) in [7, 11) is 0. The van der Waals surface area contributed by atoms with Crippen molar-refractivity contribution in [1.82, 2.24) is 9.55 Å². The molecule has 1 aromatic carbocycles. The number of fused-ring (bicyclic) bond motifs is 3. The number of imidazole rings is 1. The van der Waals surface area contributed by atoms with Crippen molar-refractivity contribution in [1.29, 1.82) is 0 Å². The van der Waals surface area contributed by atoms with Crippen LogP contribution >= 0.6 is 0 Å². The SMILES string of the molecule is C[C@H](Cc1ccc2c(c1)OCCn1cc(N3C(=O)O[C@H](C)[C@H]3C(F)F)nc1-2)C(N)=O. The Morgan fingerprint density at radius 3 is 2.87 bits per heavy atom. The summed E-state index contributed by atoms with van der Waals surface area (Å²) in [6, 6.07) is 4.08. The second-order valence-electron chi connectivity index (χ2n) is 7.59. The van der Waals surface area contributed by atoms with E-state index in [4.69, 9.17) is 15.2 Å². The first-order valence-corrected chi connectivity index (χ1v) is 9.67. The predicted molar refractivity (Wildman–Crippen MR) is 103 cm³/mol. The van der Waals surface area contributed by atoms with Crippen LogP contribution in [0.1, 0.15) is 19.4 Å². The number of cyclic esters (lactones) is 1. The second-order valence-corrected chi connectivity index (χ2v) is 7.59. The highest BCUT2D eigenvalue weighted by Gasteiger charge is 2.47. The molecule has 1 fully saturated rings. The summed E-state index contributed by atoms with van der Waals surface area (Å²) in [6.07, 6.45) is -2.51. The highest BCUT2D eigenvalue weighted by Crippen LogP contribution is 2.37. The lowest BCUT2D eigenvalue weighted by atomic mass is 9.99. The maximum atomic E-state index is 13.5. The Morgan fingerprint density at radius 1 is 1.40 bits per heavy atom. The van der Waals surface area contributed by atoms with Crippen LogP contribution in [0, 0.1) is 5.92 Å². The lowest BCUT2D eigenvalue weighted by Crippen LogP contribution is -2.41. The zero-order valence-corrected chi connectivity index (χ0v) is 16.5. The summed E-state index contributed by atoms with van der Waals surface area (Å²) >= 11 is 0. The Balaban J connectivity index is 1.69. The molecule has 0 spiro atoms. The molecule has 3 atom stereocenters. The van der Waals surface area contributed by atoms with Crippen LogP contribution in [0.15, 0.2) is 24.4 Å². The number of carbonyl (C=O) groups is 2. The zero-order chi connectivity index (χ0) is 21.6. The first-order chi connectivity index (χ1) is 14.3. The van der Waals surface area contributed by atoms with Gasteiger partial charge in [0.1, 0.15) is 30.3 Å². The molecule has 0 unspecified atom stereocenters. The molecule has 1 aromatic heterocycles. The highest BCUT2D eigenvalue weighted by atomic mass is 19.3. The Hall–Kier alpha value is -3.17. The van der Waals surface area contributed by atoms with Crippen molar-refractivity contribution in [2.75, 3.05) is 11.5 Å². The minimum Gasteiger partial charge on any atom is -0.491 e. The fraction of sp³-hybridized carbons (Fsp3) is 0.450. The summed E-state index contributed by atoms with van der Waals surface area (Å²) in [5.74, 6) is 0.488. The number of hydrogen-bond acceptors (Lipinski definition) is 5. The fourth-order valence-electron chi connectivity index (χ4n) is 3.79. The van der Waals surface area contributed by atoms with E-state index in [1.807, 2.05) is 18.2 Å². The number of hydrogen-bond donors (Lipinski definition) is 1. The molecular formula is C20H22F2N4O4. The van der Waals surface area contributed by atoms with E-state index in [0.29, 0.717) is 36.7 Å². The van der Waals surface area contributed by atoms with Gasteiger partial charge < -0.3 is 19.8 Å². The molecular weight excluding hydrogens is 398 g/mol. The number of anilines is 1. The van der Waals surface area contributed by atoms with Gasteiger partial charge in [-0.05, 0) is 31.0 Å². The summed E-state index contributed by atoms with van der Waals surface area (Å²) in [4.78, 5) is 28.9. The number of ether oxygens (including phenoxy) is 2. The van der Waals surface area contributed by atoms with Crippen LogP contribution in [0.5, 0.6) is 5.75 Å². The Morgan fingerprint density at radius 2 is 2.17 bits per heavy atom. The molecule has 160 valence electrons. The second kappa shape index (κ2) is 7.58. The van der Waals surface area contributed by atoms with Crippen molar-refractivity contribution >= 4 is 17.8 Å². The first kappa shape index (κ1) is 20.1. The van der Waals surface area contributed by atoms with Gasteiger partial charge in [0.25, 0.3) is 6.43 Å². The monoisotopic (exact) mass is 420 g/mol. The number of amides is 2. The van der Waals surface area contributed by atoms with Crippen LogP contribution in [0.25, 0.3) is 11.4 Å². The van der Waals surface area contributed by atoms with Gasteiger partial charge in [-0.25, -0.2) is 23.5 Å². The maximum Gasteiger partial charge on any atom is 0.416 e. The van der Waals surface area contributed by atoms with E-state index in [0.717, 1.165) is 10.5 Å². The number of nitrogens with zero attached hydrogens (tertiary/aromatic N) is 3. The average molecular weight is 420 g/mol. The lowest BCUT2D eigenvalue weighted by molar-refractivity contribution is -0.121. The van der Waals surface area contributed by atoms with E-state index in [-0.39, 0.29) is 17.6 Å². The van der Waals surface area contributed by atoms with Gasteiger partial charge in [-0.15, -0.1) is 0 Å². The summed E-state index contributed by atoms with van der Waals surface area (Å²) in [5.41, 5.74) is 6.90. The van der Waals surface area contributed by atoms with Gasteiger partial charge in [0, 0.05) is 12.1 Å². The molecule has 0 bridgehead atoms. The smallest absolute Gasteiger partial charge is 0.416 e. The van der Waals surface area contributed by atoms with E-state index in [2.05, 4.69) is 4.98 Å². The number of halogens is 2. The average Bonchev–Trinajstić information content (AvgIpc) is 3.16. The molecule has 2 aromatic rings. The maximum absolute atomic E-state index is 13.5. The number of benzene rings is 1. The van der Waals surface area contributed by atoms with Crippen molar-refractivity contribution in [3.8, 4) is 17.1 Å². The Bertz CT molecular complexity index is 993. The number of alkyl halides is 2. The molecule has 2 aliphatic rings. The molecule has 1 saturated heterocycles. The number of aromatic nitrogens is 2. The van der Waals surface area contributed by atoms with E-state index < -0.39 is 24.7 Å². The third kappa shape index (κ3) is 3.46. The van der Waals surface area contributed by atoms with Crippen molar-refractivity contribution in [3.05, 3.63) is 30.0 Å². The van der Waals surface area contributed by atoms with Gasteiger partial charge >= 0.3 is 6.09 Å². The van der Waals surface area contributed by atoms with Crippen molar-refractivity contribution in [2.45, 2.75) is 45.4 Å². The minimum absolute atomic E-state index is 0.115. The van der Waals surface area contributed by atoms with Gasteiger partial charge in [0.15, 0.2) is 5.82 Å².